The van der Waals surface area contributed by atoms with Crippen LogP contribution in [0.3, 0.4) is 0 Å². The zero-order chi connectivity index (χ0) is 18.5. The molecule has 0 spiro atoms. The monoisotopic (exact) mass is 482 g/mol. The molecule has 1 aliphatic rings. The number of nitrogens with zero attached hydrogens (tertiary/aromatic N) is 4. The number of rotatable bonds is 5. The third-order valence-electron chi connectivity index (χ3n) is 5.03. The molecule has 1 aromatic heterocycles. The Balaban J connectivity index is 0.00000261. The highest BCUT2D eigenvalue weighted by atomic mass is 127. The summed E-state index contributed by atoms with van der Waals surface area (Å²) < 4.78 is 1.90. The molecule has 2 unspecified atom stereocenters. The second kappa shape index (κ2) is 10.1. The summed E-state index contributed by atoms with van der Waals surface area (Å²) in [6.07, 6.45) is 3.94. The number of halogens is 1. The molecule has 0 radical (unpaired) electrons. The first-order valence-corrected chi connectivity index (χ1v) is 9.37. The molecule has 2 N–H and O–H groups in total. The summed E-state index contributed by atoms with van der Waals surface area (Å²) in [6, 6.07) is 11.2. The van der Waals surface area contributed by atoms with Crippen LogP contribution in [-0.2, 0) is 6.54 Å². The quantitative estimate of drug-likeness (QED) is 0.391. The van der Waals surface area contributed by atoms with E-state index in [-0.39, 0.29) is 24.0 Å². The Morgan fingerprint density at radius 3 is 2.63 bits per heavy atom. The summed E-state index contributed by atoms with van der Waals surface area (Å²) in [5.74, 6) is 1.46. The van der Waals surface area contributed by atoms with Gasteiger partial charge >= 0.3 is 0 Å². The molecule has 0 aliphatic carbocycles. The van der Waals surface area contributed by atoms with E-state index >= 15 is 0 Å². The van der Waals surface area contributed by atoms with Crippen molar-refractivity contribution in [1.29, 1.82) is 0 Å². The maximum atomic E-state index is 4.44. The third kappa shape index (κ3) is 5.68. The standard InChI is InChI=1S/C20H30N6.HI/c1-15(2)25-12-16(3)19(14-25)24-20(21-4)22-10-17-11-23-26(13-17)18-8-6-5-7-9-18;/h5-9,11,13,15-16,19H,10,12,14H2,1-4H3,(H2,21,22,24);1H. The van der Waals surface area contributed by atoms with Crippen LogP contribution in [-0.4, -0.2) is 52.9 Å². The number of hydrogen-bond acceptors (Lipinski definition) is 3. The van der Waals surface area contributed by atoms with Gasteiger partial charge in [-0.25, -0.2) is 4.68 Å². The van der Waals surface area contributed by atoms with Crippen molar-refractivity contribution in [2.75, 3.05) is 20.1 Å². The Morgan fingerprint density at radius 2 is 2.00 bits per heavy atom. The fourth-order valence-electron chi connectivity index (χ4n) is 3.34. The van der Waals surface area contributed by atoms with E-state index in [1.54, 1.807) is 0 Å². The van der Waals surface area contributed by atoms with Crippen molar-refractivity contribution in [3.63, 3.8) is 0 Å². The van der Waals surface area contributed by atoms with Crippen LogP contribution in [0.1, 0.15) is 26.3 Å². The van der Waals surface area contributed by atoms with Gasteiger partial charge in [0.2, 0.25) is 0 Å². The Morgan fingerprint density at radius 1 is 1.26 bits per heavy atom. The van der Waals surface area contributed by atoms with Gasteiger partial charge in [-0.1, -0.05) is 25.1 Å². The fourth-order valence-corrected chi connectivity index (χ4v) is 3.34. The maximum absolute atomic E-state index is 4.44. The van der Waals surface area contributed by atoms with Crippen LogP contribution >= 0.6 is 24.0 Å². The van der Waals surface area contributed by atoms with Crippen LogP contribution in [0.4, 0.5) is 0 Å². The van der Waals surface area contributed by atoms with Gasteiger partial charge in [-0.05, 0) is 31.9 Å². The van der Waals surface area contributed by atoms with Crippen molar-refractivity contribution in [2.24, 2.45) is 10.9 Å². The van der Waals surface area contributed by atoms with Crippen molar-refractivity contribution in [3.8, 4) is 5.69 Å². The molecular weight excluding hydrogens is 451 g/mol. The van der Waals surface area contributed by atoms with Crippen LogP contribution in [0.2, 0.25) is 0 Å². The lowest BCUT2D eigenvalue weighted by Crippen LogP contribution is -2.46. The molecule has 7 heteroatoms. The molecular formula is C20H31IN6. The normalized spacial score (nSPS) is 20.6. The molecule has 1 saturated heterocycles. The molecule has 1 aliphatic heterocycles. The summed E-state index contributed by atoms with van der Waals surface area (Å²) >= 11 is 0. The van der Waals surface area contributed by atoms with Crippen molar-refractivity contribution in [2.45, 2.75) is 39.4 Å². The molecule has 0 amide bonds. The molecule has 6 nitrogen and oxygen atoms in total. The van der Waals surface area contributed by atoms with Crippen LogP contribution in [0.25, 0.3) is 5.69 Å². The molecule has 27 heavy (non-hydrogen) atoms. The molecule has 2 atom stereocenters. The minimum Gasteiger partial charge on any atom is -0.352 e. The van der Waals surface area contributed by atoms with Gasteiger partial charge in [0.25, 0.3) is 0 Å². The zero-order valence-electron chi connectivity index (χ0n) is 16.6. The van der Waals surface area contributed by atoms with E-state index < -0.39 is 0 Å². The Labute approximate surface area is 179 Å². The Kier molecular flexibility index (Phi) is 8.09. The Bertz CT molecular complexity index is 727. The number of benzene rings is 1. The predicted molar refractivity (Wildman–Crippen MR) is 122 cm³/mol. The first-order valence-electron chi connectivity index (χ1n) is 9.37. The highest BCUT2D eigenvalue weighted by molar-refractivity contribution is 14.0. The van der Waals surface area contributed by atoms with Gasteiger partial charge in [-0.15, -0.1) is 24.0 Å². The molecule has 0 bridgehead atoms. The largest absolute Gasteiger partial charge is 0.352 e. The average molecular weight is 482 g/mol. The summed E-state index contributed by atoms with van der Waals surface area (Å²) in [6.45, 7) is 9.71. The molecule has 3 rings (SSSR count). The molecule has 148 valence electrons. The summed E-state index contributed by atoms with van der Waals surface area (Å²) in [4.78, 5) is 6.90. The summed E-state index contributed by atoms with van der Waals surface area (Å²) in [5.41, 5.74) is 2.19. The van der Waals surface area contributed by atoms with Gasteiger partial charge in [-0.3, -0.25) is 9.89 Å². The zero-order valence-corrected chi connectivity index (χ0v) is 18.9. The first kappa shape index (κ1) is 21.7. The van der Waals surface area contributed by atoms with Gasteiger partial charge in [0.15, 0.2) is 5.96 Å². The predicted octanol–water partition coefficient (Wildman–Crippen LogP) is 2.88. The van der Waals surface area contributed by atoms with E-state index in [0.29, 0.717) is 24.5 Å². The van der Waals surface area contributed by atoms with Gasteiger partial charge in [-0.2, -0.15) is 5.10 Å². The maximum Gasteiger partial charge on any atom is 0.191 e. The second-order valence-corrected chi connectivity index (χ2v) is 7.33. The molecule has 0 saturated carbocycles. The van der Waals surface area contributed by atoms with Crippen molar-refractivity contribution < 1.29 is 0 Å². The molecule has 2 aromatic rings. The summed E-state index contributed by atoms with van der Waals surface area (Å²) in [5, 5.41) is 11.4. The number of likely N-dealkylation sites (tertiary alicyclic amines) is 1. The number of aliphatic imine (C=N–C) groups is 1. The molecule has 2 heterocycles. The van der Waals surface area contributed by atoms with Crippen molar-refractivity contribution in [3.05, 3.63) is 48.3 Å². The lowest BCUT2D eigenvalue weighted by Gasteiger charge is -2.21. The SMILES string of the molecule is CN=C(NCc1cnn(-c2ccccc2)c1)NC1CN(C(C)C)CC1C.I. The van der Waals surface area contributed by atoms with E-state index in [1.165, 1.54) is 0 Å². The minimum atomic E-state index is 0. The number of nitrogens with one attached hydrogen (secondary N) is 2. The molecule has 1 fully saturated rings. The Hall–Kier alpha value is -1.61. The second-order valence-electron chi connectivity index (χ2n) is 7.33. The van der Waals surface area contributed by atoms with E-state index in [0.717, 1.165) is 30.3 Å². The first-order chi connectivity index (χ1) is 12.6. The number of guanidine groups is 1. The van der Waals surface area contributed by atoms with Crippen molar-refractivity contribution >= 4 is 29.9 Å². The molecule has 1 aromatic carbocycles. The van der Waals surface area contributed by atoms with Gasteiger partial charge < -0.3 is 10.6 Å². The van der Waals surface area contributed by atoms with Crippen molar-refractivity contribution in [1.82, 2.24) is 25.3 Å². The average Bonchev–Trinajstić information content (AvgIpc) is 3.26. The van der Waals surface area contributed by atoms with Gasteiger partial charge in [0, 0.05) is 50.5 Å². The number of hydrogen-bond donors (Lipinski definition) is 2. The number of para-hydroxylation sites is 1. The lowest BCUT2D eigenvalue weighted by atomic mass is 10.1. The van der Waals surface area contributed by atoms with Crippen LogP contribution in [0.15, 0.2) is 47.7 Å². The smallest absolute Gasteiger partial charge is 0.191 e. The van der Waals surface area contributed by atoms with Crippen LogP contribution < -0.4 is 10.6 Å². The third-order valence-corrected chi connectivity index (χ3v) is 5.03. The highest BCUT2D eigenvalue weighted by Gasteiger charge is 2.31. The highest BCUT2D eigenvalue weighted by Crippen LogP contribution is 2.18. The van der Waals surface area contributed by atoms with E-state index in [2.05, 4.69) is 46.4 Å². The van der Waals surface area contributed by atoms with Gasteiger partial charge in [0.1, 0.15) is 0 Å². The summed E-state index contributed by atoms with van der Waals surface area (Å²) in [7, 11) is 1.82. The minimum absolute atomic E-state index is 0. The topological polar surface area (TPSA) is 57.5 Å². The van der Waals surface area contributed by atoms with E-state index in [1.807, 2.05) is 54.5 Å². The van der Waals surface area contributed by atoms with Crippen LogP contribution in [0, 0.1) is 5.92 Å². The fraction of sp³-hybridized carbons (Fsp3) is 0.500. The lowest BCUT2D eigenvalue weighted by molar-refractivity contribution is 0.265. The van der Waals surface area contributed by atoms with Gasteiger partial charge in [0.05, 0.1) is 11.9 Å². The van der Waals surface area contributed by atoms with E-state index in [4.69, 9.17) is 0 Å². The van der Waals surface area contributed by atoms with Crippen LogP contribution in [0.5, 0.6) is 0 Å². The van der Waals surface area contributed by atoms with E-state index in [9.17, 15) is 0 Å². The number of aromatic nitrogens is 2.